The van der Waals surface area contributed by atoms with Crippen molar-refractivity contribution in [3.8, 4) is 0 Å². The SMILES string of the molecule is COC1=CC(=O)OC1=C(C=Cc1ccccc1)OC. The number of rotatable bonds is 4. The number of cyclic esters (lactones) is 1. The van der Waals surface area contributed by atoms with Crippen molar-refractivity contribution < 1.29 is 19.0 Å². The second-order valence-electron chi connectivity index (χ2n) is 3.78. The lowest BCUT2D eigenvalue weighted by Gasteiger charge is -2.07. The lowest BCUT2D eigenvalue weighted by molar-refractivity contribution is -0.132. The van der Waals surface area contributed by atoms with Crippen molar-refractivity contribution in [1.29, 1.82) is 0 Å². The van der Waals surface area contributed by atoms with E-state index in [1.54, 1.807) is 6.08 Å². The number of hydrogen-bond acceptors (Lipinski definition) is 4. The quantitative estimate of drug-likeness (QED) is 0.615. The topological polar surface area (TPSA) is 44.8 Å². The van der Waals surface area contributed by atoms with E-state index in [4.69, 9.17) is 14.2 Å². The molecule has 0 amide bonds. The van der Waals surface area contributed by atoms with Crippen molar-refractivity contribution in [2.75, 3.05) is 14.2 Å². The molecule has 0 N–H and O–H groups in total. The molecule has 0 unspecified atom stereocenters. The molecule has 0 fully saturated rings. The van der Waals surface area contributed by atoms with Crippen molar-refractivity contribution in [2.45, 2.75) is 0 Å². The molecule has 4 nitrogen and oxygen atoms in total. The van der Waals surface area contributed by atoms with Gasteiger partial charge in [0.1, 0.15) is 0 Å². The van der Waals surface area contributed by atoms with Crippen LogP contribution in [0.4, 0.5) is 0 Å². The molecular formula is C15H14O4. The fraction of sp³-hybridized carbons (Fsp3) is 0.133. The maximum atomic E-state index is 11.2. The van der Waals surface area contributed by atoms with Crippen LogP contribution in [-0.4, -0.2) is 20.2 Å². The van der Waals surface area contributed by atoms with E-state index >= 15 is 0 Å². The third-order valence-electron chi connectivity index (χ3n) is 2.57. The molecule has 1 aliphatic heterocycles. The van der Waals surface area contributed by atoms with E-state index < -0.39 is 5.97 Å². The summed E-state index contributed by atoms with van der Waals surface area (Å²) in [4.78, 5) is 11.2. The van der Waals surface area contributed by atoms with E-state index in [2.05, 4.69) is 0 Å². The zero-order valence-corrected chi connectivity index (χ0v) is 10.8. The summed E-state index contributed by atoms with van der Waals surface area (Å²) in [5, 5.41) is 0. The number of carbonyl (C=O) groups excluding carboxylic acids is 1. The summed E-state index contributed by atoms with van der Waals surface area (Å²) in [5.41, 5.74) is 1.02. The number of carbonyl (C=O) groups is 1. The van der Waals surface area contributed by atoms with Gasteiger partial charge in [0.25, 0.3) is 0 Å². The highest BCUT2D eigenvalue weighted by atomic mass is 16.6. The third kappa shape index (κ3) is 3.04. The summed E-state index contributed by atoms with van der Waals surface area (Å²) >= 11 is 0. The fourth-order valence-corrected chi connectivity index (χ4v) is 1.65. The Labute approximate surface area is 111 Å². The van der Waals surface area contributed by atoms with Crippen molar-refractivity contribution in [3.05, 3.63) is 65.3 Å². The minimum Gasteiger partial charge on any atom is -0.493 e. The van der Waals surface area contributed by atoms with Crippen LogP contribution in [0.5, 0.6) is 0 Å². The Morgan fingerprint density at radius 3 is 2.58 bits per heavy atom. The van der Waals surface area contributed by atoms with Crippen LogP contribution in [0.25, 0.3) is 6.08 Å². The molecule has 4 heteroatoms. The Morgan fingerprint density at radius 2 is 1.95 bits per heavy atom. The van der Waals surface area contributed by atoms with E-state index in [9.17, 15) is 4.79 Å². The molecule has 1 aromatic rings. The van der Waals surface area contributed by atoms with Gasteiger partial charge in [-0.15, -0.1) is 0 Å². The van der Waals surface area contributed by atoms with E-state index in [0.717, 1.165) is 5.56 Å². The minimum absolute atomic E-state index is 0.294. The molecule has 98 valence electrons. The van der Waals surface area contributed by atoms with Gasteiger partial charge in [0, 0.05) is 0 Å². The van der Waals surface area contributed by atoms with Crippen LogP contribution in [0.1, 0.15) is 5.56 Å². The number of benzene rings is 1. The van der Waals surface area contributed by atoms with Gasteiger partial charge in [-0.2, -0.15) is 0 Å². The molecule has 0 atom stereocenters. The third-order valence-corrected chi connectivity index (χ3v) is 2.57. The monoisotopic (exact) mass is 258 g/mol. The van der Waals surface area contributed by atoms with Gasteiger partial charge in [0.15, 0.2) is 11.5 Å². The summed E-state index contributed by atoms with van der Waals surface area (Å²) in [6.45, 7) is 0. The lowest BCUT2D eigenvalue weighted by atomic mass is 10.2. The van der Waals surface area contributed by atoms with Gasteiger partial charge in [-0.05, 0) is 11.6 Å². The summed E-state index contributed by atoms with van der Waals surface area (Å²) in [6, 6.07) is 9.74. The average Bonchev–Trinajstić information content (AvgIpc) is 2.82. The van der Waals surface area contributed by atoms with Crippen LogP contribution < -0.4 is 0 Å². The summed E-state index contributed by atoms with van der Waals surface area (Å²) in [6.07, 6.45) is 4.88. The maximum Gasteiger partial charge on any atom is 0.340 e. The van der Waals surface area contributed by atoms with Crippen LogP contribution in [0, 0.1) is 0 Å². The highest BCUT2D eigenvalue weighted by molar-refractivity contribution is 5.88. The van der Waals surface area contributed by atoms with Gasteiger partial charge in [0.2, 0.25) is 5.76 Å². The molecule has 2 rings (SSSR count). The normalized spacial score (nSPS) is 17.2. The van der Waals surface area contributed by atoms with Gasteiger partial charge >= 0.3 is 5.97 Å². The molecule has 0 aliphatic carbocycles. The summed E-state index contributed by atoms with van der Waals surface area (Å²) < 4.78 is 15.4. The fourth-order valence-electron chi connectivity index (χ4n) is 1.65. The van der Waals surface area contributed by atoms with Crippen LogP contribution in [0.15, 0.2) is 59.8 Å². The predicted octanol–water partition coefficient (Wildman–Crippen LogP) is 2.64. The Balaban J connectivity index is 2.28. The van der Waals surface area contributed by atoms with E-state index in [-0.39, 0.29) is 0 Å². The van der Waals surface area contributed by atoms with Crippen molar-refractivity contribution in [3.63, 3.8) is 0 Å². The van der Waals surface area contributed by atoms with Crippen molar-refractivity contribution in [2.24, 2.45) is 0 Å². The predicted molar refractivity (Wildman–Crippen MR) is 70.7 cm³/mol. The van der Waals surface area contributed by atoms with Crippen LogP contribution >= 0.6 is 0 Å². The van der Waals surface area contributed by atoms with E-state index in [1.165, 1.54) is 20.3 Å². The van der Waals surface area contributed by atoms with E-state index in [0.29, 0.717) is 17.3 Å². The Kier molecular flexibility index (Phi) is 4.03. The molecule has 19 heavy (non-hydrogen) atoms. The molecule has 0 radical (unpaired) electrons. The molecule has 1 aliphatic rings. The van der Waals surface area contributed by atoms with Crippen LogP contribution in [-0.2, 0) is 19.0 Å². The zero-order valence-electron chi connectivity index (χ0n) is 10.8. The van der Waals surface area contributed by atoms with Gasteiger partial charge < -0.3 is 14.2 Å². The van der Waals surface area contributed by atoms with Crippen LogP contribution in [0.2, 0.25) is 0 Å². The number of methoxy groups -OCH3 is 2. The second-order valence-corrected chi connectivity index (χ2v) is 3.78. The van der Waals surface area contributed by atoms with Gasteiger partial charge in [-0.3, -0.25) is 0 Å². The number of allylic oxidation sites excluding steroid dienone is 1. The molecule has 0 aromatic heterocycles. The smallest absolute Gasteiger partial charge is 0.340 e. The molecule has 0 bridgehead atoms. The minimum atomic E-state index is -0.463. The Hall–Kier alpha value is -2.49. The standard InChI is InChI=1S/C15H14O4/c1-17-12(9-8-11-6-4-3-5-7-11)15-13(18-2)10-14(16)19-15/h3-10H,1-2H3. The van der Waals surface area contributed by atoms with Crippen molar-refractivity contribution in [1.82, 2.24) is 0 Å². The number of ether oxygens (including phenoxy) is 3. The van der Waals surface area contributed by atoms with E-state index in [1.807, 2.05) is 36.4 Å². The largest absolute Gasteiger partial charge is 0.493 e. The first kappa shape index (κ1) is 13.0. The maximum absolute atomic E-state index is 11.2. The molecule has 0 saturated heterocycles. The Morgan fingerprint density at radius 1 is 1.21 bits per heavy atom. The molecule has 0 saturated carbocycles. The van der Waals surface area contributed by atoms with Gasteiger partial charge in [-0.1, -0.05) is 36.4 Å². The van der Waals surface area contributed by atoms with Gasteiger partial charge in [-0.25, -0.2) is 4.79 Å². The van der Waals surface area contributed by atoms with Gasteiger partial charge in [0.05, 0.1) is 20.3 Å². The first-order valence-corrected chi connectivity index (χ1v) is 5.74. The average molecular weight is 258 g/mol. The molecule has 0 spiro atoms. The first-order valence-electron chi connectivity index (χ1n) is 5.74. The zero-order chi connectivity index (χ0) is 13.7. The highest BCUT2D eigenvalue weighted by Crippen LogP contribution is 2.25. The molecule has 1 heterocycles. The lowest BCUT2D eigenvalue weighted by Crippen LogP contribution is -1.98. The Bertz CT molecular complexity index is 553. The van der Waals surface area contributed by atoms with Crippen molar-refractivity contribution >= 4 is 12.0 Å². The molecular weight excluding hydrogens is 244 g/mol. The number of esters is 1. The highest BCUT2D eigenvalue weighted by Gasteiger charge is 2.24. The second kappa shape index (κ2) is 5.91. The summed E-state index contributed by atoms with van der Waals surface area (Å²) in [7, 11) is 2.99. The summed E-state index contributed by atoms with van der Waals surface area (Å²) in [5.74, 6) is 0.624. The number of hydrogen-bond donors (Lipinski definition) is 0. The first-order chi connectivity index (χ1) is 9.24. The van der Waals surface area contributed by atoms with Crippen LogP contribution in [0.3, 0.4) is 0 Å². The molecule has 1 aromatic carbocycles.